The largest absolute Gasteiger partial charge is 0.492 e. The number of nitrogens with one attached hydrogen (secondary N) is 2. The van der Waals surface area contributed by atoms with Crippen LogP contribution in [0.15, 0.2) is 95.8 Å². The highest BCUT2D eigenvalue weighted by Gasteiger charge is 2.16. The van der Waals surface area contributed by atoms with Gasteiger partial charge in [-0.3, -0.25) is 14.5 Å². The lowest BCUT2D eigenvalue weighted by Gasteiger charge is -2.28. The second-order valence-corrected chi connectivity index (χ2v) is 9.35. The smallest absolute Gasteiger partial charge is 0.257 e. The van der Waals surface area contributed by atoms with Gasteiger partial charge in [0, 0.05) is 41.6 Å². The lowest BCUT2D eigenvalue weighted by Crippen LogP contribution is -2.33. The molecule has 2 N–H and O–H groups in total. The van der Waals surface area contributed by atoms with Gasteiger partial charge in [0.15, 0.2) is 5.43 Å². The Labute approximate surface area is 214 Å². The van der Waals surface area contributed by atoms with E-state index in [-0.39, 0.29) is 11.3 Å². The van der Waals surface area contributed by atoms with Gasteiger partial charge < -0.3 is 15.0 Å². The predicted octanol–water partition coefficient (Wildman–Crippen LogP) is 5.37. The average Bonchev–Trinajstić information content (AvgIpc) is 2.94. The Hall–Kier alpha value is -4.42. The maximum Gasteiger partial charge on any atom is 0.257 e. The molecule has 0 spiro atoms. The van der Waals surface area contributed by atoms with Gasteiger partial charge in [-0.05, 0) is 66.1 Å². The number of nitrogens with zero attached hydrogens (tertiary/aromatic N) is 1. The number of amides is 1. The van der Waals surface area contributed by atoms with Crippen molar-refractivity contribution in [2.24, 2.45) is 0 Å². The molecule has 1 amide bonds. The van der Waals surface area contributed by atoms with Crippen LogP contribution >= 0.6 is 0 Å². The van der Waals surface area contributed by atoms with Crippen molar-refractivity contribution >= 4 is 33.4 Å². The monoisotopic (exact) mass is 489 g/mol. The zero-order valence-electron chi connectivity index (χ0n) is 20.4. The lowest BCUT2D eigenvalue weighted by atomic mass is 10.0. The molecule has 0 aliphatic carbocycles. The number of aromatic amines is 1. The topological polar surface area (TPSA) is 74.4 Å². The maximum absolute atomic E-state index is 13.1. The van der Waals surface area contributed by atoms with Gasteiger partial charge in [0.25, 0.3) is 5.91 Å². The molecule has 0 saturated heterocycles. The van der Waals surface area contributed by atoms with Crippen LogP contribution in [0.4, 0.5) is 5.69 Å². The van der Waals surface area contributed by atoms with E-state index in [1.807, 2.05) is 42.5 Å². The van der Waals surface area contributed by atoms with E-state index < -0.39 is 0 Å². The molecule has 6 rings (SSSR count). The molecule has 0 atom stereocenters. The SMILES string of the molecule is O=C(Nc1ccc(OCCN2CCc3ccccc3C2)cc1)c1cccc2c(=O)c3ccccc3[nH]c12. The van der Waals surface area contributed by atoms with Crippen molar-refractivity contribution in [2.45, 2.75) is 13.0 Å². The highest BCUT2D eigenvalue weighted by atomic mass is 16.5. The Morgan fingerprint density at radius 3 is 2.49 bits per heavy atom. The van der Waals surface area contributed by atoms with Gasteiger partial charge in [0.05, 0.1) is 11.1 Å². The van der Waals surface area contributed by atoms with Gasteiger partial charge in [-0.2, -0.15) is 0 Å². The van der Waals surface area contributed by atoms with Crippen LogP contribution in [0.25, 0.3) is 21.8 Å². The van der Waals surface area contributed by atoms with Gasteiger partial charge in [0.2, 0.25) is 0 Å². The molecule has 1 aromatic heterocycles. The molecule has 0 unspecified atom stereocenters. The summed E-state index contributed by atoms with van der Waals surface area (Å²) in [5.41, 5.74) is 5.07. The highest BCUT2D eigenvalue weighted by molar-refractivity contribution is 6.13. The number of hydrogen-bond acceptors (Lipinski definition) is 4. The van der Waals surface area contributed by atoms with Crippen LogP contribution in [0.5, 0.6) is 5.75 Å². The molecule has 37 heavy (non-hydrogen) atoms. The van der Waals surface area contributed by atoms with Gasteiger partial charge in [-0.1, -0.05) is 42.5 Å². The summed E-state index contributed by atoms with van der Waals surface area (Å²) in [5, 5.41) is 4.04. The van der Waals surface area contributed by atoms with Crippen molar-refractivity contribution in [3.8, 4) is 5.75 Å². The number of carbonyl (C=O) groups is 1. The van der Waals surface area contributed by atoms with Crippen LogP contribution in [0.3, 0.4) is 0 Å². The number of pyridine rings is 1. The second kappa shape index (κ2) is 9.91. The van der Waals surface area contributed by atoms with Crippen molar-refractivity contribution in [3.63, 3.8) is 0 Å². The van der Waals surface area contributed by atoms with Crippen molar-refractivity contribution in [2.75, 3.05) is 25.0 Å². The summed E-state index contributed by atoms with van der Waals surface area (Å²) >= 11 is 0. The first-order valence-corrected chi connectivity index (χ1v) is 12.5. The van der Waals surface area contributed by atoms with Gasteiger partial charge in [0.1, 0.15) is 12.4 Å². The van der Waals surface area contributed by atoms with Crippen molar-refractivity contribution in [1.29, 1.82) is 0 Å². The van der Waals surface area contributed by atoms with E-state index in [1.165, 1.54) is 11.1 Å². The molecular weight excluding hydrogens is 462 g/mol. The van der Waals surface area contributed by atoms with Crippen LogP contribution < -0.4 is 15.5 Å². The minimum Gasteiger partial charge on any atom is -0.492 e. The molecule has 4 aromatic carbocycles. The van der Waals surface area contributed by atoms with Crippen LogP contribution in [-0.4, -0.2) is 35.5 Å². The summed E-state index contributed by atoms with van der Waals surface area (Å²) in [7, 11) is 0. The number of hydrogen-bond donors (Lipinski definition) is 2. The van der Waals surface area contributed by atoms with E-state index in [2.05, 4.69) is 39.5 Å². The van der Waals surface area contributed by atoms with Gasteiger partial charge in [-0.25, -0.2) is 0 Å². The summed E-state index contributed by atoms with van der Waals surface area (Å²) < 4.78 is 5.96. The average molecular weight is 490 g/mol. The molecule has 6 nitrogen and oxygen atoms in total. The Balaban J connectivity index is 1.10. The number of aromatic nitrogens is 1. The molecule has 0 fully saturated rings. The molecule has 0 bridgehead atoms. The Bertz CT molecular complexity index is 1660. The van der Waals surface area contributed by atoms with Crippen LogP contribution in [0.2, 0.25) is 0 Å². The zero-order chi connectivity index (χ0) is 25.2. The highest BCUT2D eigenvalue weighted by Crippen LogP contribution is 2.22. The first kappa shape index (κ1) is 23.0. The first-order valence-electron chi connectivity index (χ1n) is 12.5. The van der Waals surface area contributed by atoms with E-state index in [4.69, 9.17) is 4.74 Å². The quantitative estimate of drug-likeness (QED) is 0.315. The number of fused-ring (bicyclic) bond motifs is 3. The summed E-state index contributed by atoms with van der Waals surface area (Å²) in [6.45, 7) is 3.46. The standard InChI is InChI=1S/C31H27N3O3/c35-30-25-8-3-4-11-28(25)33-29-26(30)9-5-10-27(29)31(36)32-23-12-14-24(15-13-23)37-19-18-34-17-16-21-6-1-2-7-22(21)20-34/h1-15H,16-20H2,(H,32,36)(H,33,35). The third-order valence-corrected chi connectivity index (χ3v) is 6.98. The normalized spacial score (nSPS) is 13.4. The number of para-hydroxylation sites is 2. The molecule has 1 aliphatic heterocycles. The predicted molar refractivity (Wildman–Crippen MR) is 147 cm³/mol. The number of carbonyl (C=O) groups excluding carboxylic acids is 1. The fraction of sp³-hybridized carbons (Fsp3) is 0.161. The summed E-state index contributed by atoms with van der Waals surface area (Å²) in [5.74, 6) is 0.479. The fourth-order valence-electron chi connectivity index (χ4n) is 5.01. The van der Waals surface area contributed by atoms with E-state index in [9.17, 15) is 9.59 Å². The van der Waals surface area contributed by atoms with Crippen LogP contribution in [0.1, 0.15) is 21.5 Å². The van der Waals surface area contributed by atoms with Crippen LogP contribution in [-0.2, 0) is 13.0 Å². The number of anilines is 1. The van der Waals surface area contributed by atoms with E-state index in [0.717, 1.165) is 31.8 Å². The van der Waals surface area contributed by atoms with Crippen LogP contribution in [0, 0.1) is 0 Å². The first-order chi connectivity index (χ1) is 18.2. The molecule has 5 aromatic rings. The molecule has 2 heterocycles. The third kappa shape index (κ3) is 4.71. The van der Waals surface area contributed by atoms with E-state index in [0.29, 0.717) is 39.7 Å². The Kier molecular flexibility index (Phi) is 6.16. The molecule has 6 heteroatoms. The molecule has 1 aliphatic rings. The van der Waals surface area contributed by atoms with E-state index >= 15 is 0 Å². The molecule has 184 valence electrons. The second-order valence-electron chi connectivity index (χ2n) is 9.35. The van der Waals surface area contributed by atoms with Crippen molar-refractivity contribution < 1.29 is 9.53 Å². The fourth-order valence-corrected chi connectivity index (χ4v) is 5.01. The minimum atomic E-state index is -0.282. The van der Waals surface area contributed by atoms with E-state index in [1.54, 1.807) is 24.3 Å². The van der Waals surface area contributed by atoms with Crippen molar-refractivity contribution in [1.82, 2.24) is 9.88 Å². The maximum atomic E-state index is 13.1. The van der Waals surface area contributed by atoms with Gasteiger partial charge >= 0.3 is 0 Å². The lowest BCUT2D eigenvalue weighted by molar-refractivity contribution is 0.102. The van der Waals surface area contributed by atoms with Gasteiger partial charge in [-0.15, -0.1) is 0 Å². The molecular formula is C31H27N3O3. The third-order valence-electron chi connectivity index (χ3n) is 6.98. The minimum absolute atomic E-state index is 0.0886. The molecule has 0 radical (unpaired) electrons. The summed E-state index contributed by atoms with van der Waals surface area (Å²) in [6.07, 6.45) is 1.07. The number of ether oxygens (including phenoxy) is 1. The number of H-pyrrole nitrogens is 1. The Morgan fingerprint density at radius 2 is 1.62 bits per heavy atom. The zero-order valence-corrected chi connectivity index (χ0v) is 20.4. The molecule has 0 saturated carbocycles. The number of benzene rings is 4. The van der Waals surface area contributed by atoms with Crippen molar-refractivity contribution in [3.05, 3.63) is 118 Å². The number of rotatable bonds is 6. The summed E-state index contributed by atoms with van der Waals surface area (Å²) in [4.78, 5) is 31.7. The summed E-state index contributed by atoms with van der Waals surface area (Å²) in [6, 6.07) is 28.5. The Morgan fingerprint density at radius 1 is 0.865 bits per heavy atom.